The fraction of sp³-hybridized carbons (Fsp3) is 0.524. The third-order valence-electron chi connectivity index (χ3n) is 5.31. The number of amides is 2. The largest absolute Gasteiger partial charge is 0.338 e. The molecule has 1 saturated heterocycles. The summed E-state index contributed by atoms with van der Waals surface area (Å²) >= 11 is 3.36. The summed E-state index contributed by atoms with van der Waals surface area (Å²) in [5, 5.41) is 3.06. The topological polar surface area (TPSA) is 49.4 Å². The number of carbonyl (C=O) groups excluding carboxylic acids is 2. The van der Waals surface area contributed by atoms with Gasteiger partial charge in [0.05, 0.1) is 12.1 Å². The van der Waals surface area contributed by atoms with Crippen LogP contribution in [-0.2, 0) is 4.79 Å². The van der Waals surface area contributed by atoms with Gasteiger partial charge >= 0.3 is 6.03 Å². The van der Waals surface area contributed by atoms with Gasteiger partial charge in [0, 0.05) is 37.9 Å². The highest BCUT2D eigenvalue weighted by molar-refractivity contribution is 7.12. The highest BCUT2D eigenvalue weighted by Gasteiger charge is 2.48. The van der Waals surface area contributed by atoms with E-state index >= 15 is 0 Å². The maximum absolute atomic E-state index is 13.2. The number of nitrogens with one attached hydrogen (secondary N) is 1. The number of likely N-dealkylation sites (tertiary alicyclic amines) is 1. The van der Waals surface area contributed by atoms with Crippen LogP contribution in [0.25, 0.3) is 0 Å². The van der Waals surface area contributed by atoms with E-state index in [0.29, 0.717) is 6.54 Å². The molecule has 27 heavy (non-hydrogen) atoms. The number of carbonyl (C=O) groups is 2. The Morgan fingerprint density at radius 3 is 1.85 bits per heavy atom. The second-order valence-electron chi connectivity index (χ2n) is 7.41. The minimum absolute atomic E-state index is 0.0739. The van der Waals surface area contributed by atoms with Crippen LogP contribution in [0.2, 0.25) is 0 Å². The fourth-order valence-corrected chi connectivity index (χ4v) is 6.11. The van der Waals surface area contributed by atoms with Crippen LogP contribution < -0.4 is 5.32 Å². The standard InChI is InChI=1S/C21H28N2O2S2/c1-6-11-22-21(25)23-18(16-9-7-12(2)26-16)14(4)20(24)15(5)19(23)17-10-8-13(3)27-17/h7-10,14-15,18-19H,6,11H2,1-5H3,(H,22,25)/t14-,15+,18+,19-. The number of rotatable bonds is 4. The Bertz CT molecular complexity index is 770. The van der Waals surface area contributed by atoms with Crippen molar-refractivity contribution >= 4 is 34.5 Å². The number of piperidine rings is 1. The van der Waals surface area contributed by atoms with Crippen LogP contribution in [0, 0.1) is 25.7 Å². The predicted octanol–water partition coefficient (Wildman–Crippen LogP) is 5.49. The summed E-state index contributed by atoms with van der Waals surface area (Å²) in [6.45, 7) is 10.7. The van der Waals surface area contributed by atoms with Crippen LogP contribution in [0.1, 0.15) is 58.8 Å². The Hall–Kier alpha value is -1.66. The molecule has 0 spiro atoms. The fourth-order valence-electron chi connectivity index (χ4n) is 3.95. The summed E-state index contributed by atoms with van der Waals surface area (Å²) in [7, 11) is 0. The van der Waals surface area contributed by atoms with Crippen LogP contribution in [-0.4, -0.2) is 23.3 Å². The third kappa shape index (κ3) is 3.83. The first-order valence-corrected chi connectivity index (χ1v) is 11.2. The number of aryl methyl sites for hydroxylation is 2. The van der Waals surface area contributed by atoms with E-state index in [4.69, 9.17) is 0 Å². The molecule has 1 aliphatic rings. The number of hydrogen-bond acceptors (Lipinski definition) is 4. The van der Waals surface area contributed by atoms with Crippen LogP contribution in [0.15, 0.2) is 24.3 Å². The van der Waals surface area contributed by atoms with Gasteiger partial charge in [-0.1, -0.05) is 20.8 Å². The summed E-state index contributed by atoms with van der Waals surface area (Å²) in [5.74, 6) is -0.202. The van der Waals surface area contributed by atoms with Crippen molar-refractivity contribution in [1.82, 2.24) is 10.2 Å². The smallest absolute Gasteiger partial charge is 0.318 e. The van der Waals surface area contributed by atoms with Crippen molar-refractivity contribution in [3.05, 3.63) is 43.8 Å². The van der Waals surface area contributed by atoms with E-state index in [9.17, 15) is 9.59 Å². The molecule has 2 amide bonds. The van der Waals surface area contributed by atoms with Gasteiger partial charge in [-0.3, -0.25) is 4.79 Å². The Morgan fingerprint density at radius 1 is 1.00 bits per heavy atom. The quantitative estimate of drug-likeness (QED) is 0.733. The molecule has 1 aliphatic heterocycles. The first kappa shape index (κ1) is 20.1. The molecule has 4 atom stereocenters. The van der Waals surface area contributed by atoms with E-state index in [-0.39, 0.29) is 35.7 Å². The van der Waals surface area contributed by atoms with E-state index in [1.165, 1.54) is 9.75 Å². The zero-order valence-electron chi connectivity index (χ0n) is 16.6. The molecule has 0 bridgehead atoms. The van der Waals surface area contributed by atoms with Crippen molar-refractivity contribution in [2.24, 2.45) is 11.8 Å². The van der Waals surface area contributed by atoms with Gasteiger partial charge in [0.25, 0.3) is 0 Å². The first-order chi connectivity index (χ1) is 12.8. The van der Waals surface area contributed by atoms with Crippen molar-refractivity contribution in [2.75, 3.05) is 6.54 Å². The summed E-state index contributed by atoms with van der Waals surface area (Å²) in [5.41, 5.74) is 0. The summed E-state index contributed by atoms with van der Waals surface area (Å²) in [6, 6.07) is 7.76. The van der Waals surface area contributed by atoms with Gasteiger partial charge in [0.2, 0.25) is 0 Å². The number of urea groups is 1. The third-order valence-corrected chi connectivity index (χ3v) is 7.45. The van der Waals surface area contributed by atoms with Crippen molar-refractivity contribution in [2.45, 2.75) is 53.1 Å². The minimum atomic E-state index is -0.225. The van der Waals surface area contributed by atoms with Crippen molar-refractivity contribution in [3.63, 3.8) is 0 Å². The molecule has 1 N–H and O–H groups in total. The first-order valence-electron chi connectivity index (χ1n) is 9.57. The Kier molecular flexibility index (Phi) is 6.06. The van der Waals surface area contributed by atoms with E-state index in [1.807, 2.05) is 25.7 Å². The number of nitrogens with zero attached hydrogens (tertiary/aromatic N) is 1. The number of thiophene rings is 2. The molecule has 146 valence electrons. The van der Waals surface area contributed by atoms with Gasteiger partial charge in [-0.25, -0.2) is 4.79 Å². The maximum Gasteiger partial charge on any atom is 0.318 e. The van der Waals surface area contributed by atoms with Crippen molar-refractivity contribution in [3.8, 4) is 0 Å². The van der Waals surface area contributed by atoms with Crippen LogP contribution in [0.4, 0.5) is 4.79 Å². The Morgan fingerprint density at radius 2 is 1.48 bits per heavy atom. The predicted molar refractivity (Wildman–Crippen MR) is 112 cm³/mol. The van der Waals surface area contributed by atoms with Gasteiger partial charge in [-0.15, -0.1) is 22.7 Å². The lowest BCUT2D eigenvalue weighted by Gasteiger charge is -2.47. The van der Waals surface area contributed by atoms with Crippen LogP contribution in [0.3, 0.4) is 0 Å². The maximum atomic E-state index is 13.2. The average Bonchev–Trinajstić information content (AvgIpc) is 3.25. The van der Waals surface area contributed by atoms with Crippen molar-refractivity contribution < 1.29 is 9.59 Å². The molecule has 0 aromatic carbocycles. The van der Waals surface area contributed by atoms with Gasteiger partial charge in [-0.2, -0.15) is 0 Å². The summed E-state index contributed by atoms with van der Waals surface area (Å²) < 4.78 is 0. The summed E-state index contributed by atoms with van der Waals surface area (Å²) in [4.78, 5) is 32.9. The number of ketones is 1. The molecule has 2 aromatic heterocycles. The zero-order valence-corrected chi connectivity index (χ0v) is 18.2. The minimum Gasteiger partial charge on any atom is -0.338 e. The lowest BCUT2D eigenvalue weighted by atomic mass is 9.78. The van der Waals surface area contributed by atoms with E-state index < -0.39 is 0 Å². The van der Waals surface area contributed by atoms with Crippen LogP contribution >= 0.6 is 22.7 Å². The molecule has 1 fully saturated rings. The summed E-state index contributed by atoms with van der Waals surface area (Å²) in [6.07, 6.45) is 0.884. The zero-order chi connectivity index (χ0) is 19.7. The highest BCUT2D eigenvalue weighted by Crippen LogP contribution is 2.48. The molecule has 3 heterocycles. The Labute approximate surface area is 169 Å². The molecule has 0 unspecified atom stereocenters. The molecule has 2 aromatic rings. The van der Waals surface area contributed by atoms with Crippen LogP contribution in [0.5, 0.6) is 0 Å². The normalized spacial score (nSPS) is 25.7. The van der Waals surface area contributed by atoms with Gasteiger partial charge in [-0.05, 0) is 44.5 Å². The molecule has 0 saturated carbocycles. The molecule has 0 radical (unpaired) electrons. The van der Waals surface area contributed by atoms with E-state index in [0.717, 1.165) is 16.2 Å². The molecule has 4 nitrogen and oxygen atoms in total. The molecule has 0 aliphatic carbocycles. The highest BCUT2D eigenvalue weighted by atomic mass is 32.1. The molecular formula is C21H28N2O2S2. The Balaban J connectivity index is 2.10. The van der Waals surface area contributed by atoms with Gasteiger partial charge in [0.1, 0.15) is 5.78 Å². The van der Waals surface area contributed by atoms with E-state index in [2.05, 4.69) is 43.4 Å². The molecule has 6 heteroatoms. The number of Topliss-reactive ketones (excluding diaryl/α,β-unsaturated/α-hetero) is 1. The van der Waals surface area contributed by atoms with Gasteiger partial charge < -0.3 is 10.2 Å². The average molecular weight is 405 g/mol. The lowest BCUT2D eigenvalue weighted by Crippen LogP contribution is -2.54. The van der Waals surface area contributed by atoms with Crippen molar-refractivity contribution in [1.29, 1.82) is 0 Å². The number of hydrogen-bond donors (Lipinski definition) is 1. The molecule has 3 rings (SSSR count). The second kappa shape index (κ2) is 8.15. The molecular weight excluding hydrogens is 376 g/mol. The van der Waals surface area contributed by atoms with E-state index in [1.54, 1.807) is 22.7 Å². The lowest BCUT2D eigenvalue weighted by molar-refractivity contribution is -0.135. The monoisotopic (exact) mass is 404 g/mol. The second-order valence-corrected chi connectivity index (χ2v) is 10.0. The SMILES string of the molecule is CCCNC(=O)N1[C@H](c2ccc(C)s2)[C@@H](C)C(=O)[C@@H](C)[C@@H]1c1ccc(C)s1. The van der Waals surface area contributed by atoms with Gasteiger partial charge in [0.15, 0.2) is 0 Å².